The van der Waals surface area contributed by atoms with Gasteiger partial charge in [-0.3, -0.25) is 39.7 Å². The van der Waals surface area contributed by atoms with E-state index in [4.69, 9.17) is 15.8 Å². The molecule has 6 heterocycles. The first kappa shape index (κ1) is 60.4. The van der Waals surface area contributed by atoms with Gasteiger partial charge in [0.1, 0.15) is 0 Å². The summed E-state index contributed by atoms with van der Waals surface area (Å²) in [5.41, 5.74) is 6.30. The van der Waals surface area contributed by atoms with E-state index in [1.807, 2.05) is 146 Å². The third-order valence-electron chi connectivity index (χ3n) is 6.67. The molecule has 6 aromatic rings. The zero-order valence-corrected chi connectivity index (χ0v) is 41.1. The fourth-order valence-electron chi connectivity index (χ4n) is 4.66. The van der Waals surface area contributed by atoms with E-state index in [1.54, 1.807) is 18.2 Å². The number of hydrogen-bond acceptors (Lipinski definition) is 11. The zero-order chi connectivity index (χ0) is 38.2. The van der Waals surface area contributed by atoms with E-state index < -0.39 is 0 Å². The summed E-state index contributed by atoms with van der Waals surface area (Å²) in [6, 6.07) is 41.2. The minimum Gasteiger partial charge on any atom is -2.00 e. The average molecular weight is 1230 g/mol. The Morgan fingerprint density at radius 3 is 0.603 bits per heavy atom. The Bertz CT molecular complexity index is 1560. The van der Waals surface area contributed by atoms with E-state index in [-0.39, 0.29) is 90.0 Å². The monoisotopic (exact) mass is 1230 g/mol. The molecule has 0 spiro atoms. The normalized spacial score (nSPS) is 8.59. The minimum atomic E-state index is 0. The van der Waals surface area contributed by atoms with Gasteiger partial charge in [0.05, 0.1) is 52.4 Å². The van der Waals surface area contributed by atoms with E-state index in [9.17, 15) is 0 Å². The van der Waals surface area contributed by atoms with Gasteiger partial charge in [0, 0.05) is 128 Å². The van der Waals surface area contributed by atoms with Crippen LogP contribution in [0.5, 0.6) is 0 Å². The number of hydrogen-bond donors (Lipinski definition) is 0. The van der Waals surface area contributed by atoms with E-state index in [0.717, 1.165) is 73.4 Å². The summed E-state index contributed by atoms with van der Waals surface area (Å²) in [7, 11) is 0. The molecule has 0 atom stereocenters. The van der Waals surface area contributed by atoms with Gasteiger partial charge in [0.15, 0.2) is 0 Å². The maximum absolute atomic E-state index is 7.32. The molecule has 304 valence electrons. The molecule has 0 aliphatic carbocycles. The van der Waals surface area contributed by atoms with Gasteiger partial charge in [-0.05, 0) is 72.8 Å². The van der Waals surface area contributed by atoms with E-state index in [0.29, 0.717) is 0 Å². The van der Waals surface area contributed by atoms with Crippen molar-refractivity contribution in [3.05, 3.63) is 181 Å². The summed E-state index contributed by atoms with van der Waals surface area (Å²) in [5, 5.41) is 22.0. The molecule has 0 radical (unpaired) electrons. The van der Waals surface area contributed by atoms with Crippen molar-refractivity contribution in [3.8, 4) is 18.2 Å². The molecule has 13 nitrogen and oxygen atoms in total. The van der Waals surface area contributed by atoms with Crippen LogP contribution in [0.1, 0.15) is 54.9 Å². The minimum absolute atomic E-state index is 0. The fraction of sp³-hybridized carbons (Fsp3) is 0.214. The molecule has 0 aliphatic heterocycles. The predicted molar refractivity (Wildman–Crippen MR) is 207 cm³/mol. The second-order valence-corrected chi connectivity index (χ2v) is 10.9. The molecule has 6 rings (SSSR count). The van der Waals surface area contributed by atoms with Crippen LogP contribution in [0.4, 0.5) is 0 Å². The van der Waals surface area contributed by atoms with Crippen LogP contribution in [0.15, 0.2) is 146 Å². The fourth-order valence-corrected chi connectivity index (χ4v) is 4.66. The Labute approximate surface area is 400 Å². The van der Waals surface area contributed by atoms with Crippen LogP contribution in [0, 0.1) is 65.1 Å². The Kier molecular flexibility index (Phi) is 42.6. The third-order valence-corrected chi connectivity index (χ3v) is 6.67. The number of nitrogens with zero attached hydrogens (tertiary/aromatic N) is 11. The van der Waals surface area contributed by atoms with Gasteiger partial charge in [-0.2, -0.15) is 15.8 Å². The van der Waals surface area contributed by atoms with Crippen molar-refractivity contribution in [2.24, 2.45) is 0 Å². The molecule has 0 saturated carbocycles. The predicted octanol–water partition coefficient (Wildman–Crippen LogP) is 1.51. The van der Waals surface area contributed by atoms with Crippen molar-refractivity contribution >= 4 is 0 Å². The van der Waals surface area contributed by atoms with Crippen LogP contribution < -0.4 is 48.0 Å². The zero-order valence-electron chi connectivity index (χ0n) is 32.6. The van der Waals surface area contributed by atoms with Crippen molar-refractivity contribution in [2.75, 3.05) is 0 Å². The second kappa shape index (κ2) is 40.9. The summed E-state index contributed by atoms with van der Waals surface area (Å²) in [5.74, 6) is 0. The molecular weight excluding hydrogens is 1180 g/mol. The molecule has 6 aromatic heterocycles. The maximum atomic E-state index is 7.32. The first-order valence-corrected chi connectivity index (χ1v) is 16.8. The standard InChI is InChI=1S/2C18H18N4.3C2H3N.2HI.2O.U/c2*1-4-10-19-16(7-1)13-22(14-17-8-2-5-11-20-17)15-18-9-3-6-12-21-18;3*1-2-3;;;;;/h2*1-12H,13-15H2;3*1H3;2*1H;;;/q;;;;;;;2*-2;/p-2. The van der Waals surface area contributed by atoms with Crippen LogP contribution in [0.2, 0.25) is 0 Å². The van der Waals surface area contributed by atoms with Crippen LogP contribution in [0.3, 0.4) is 0 Å². The number of nitriles is 3. The summed E-state index contributed by atoms with van der Waals surface area (Å²) in [6.07, 6.45) is 11.0. The molecule has 58 heavy (non-hydrogen) atoms. The SMILES string of the molecule is CC#N.CC#N.CC#N.[I-].[I-].[O-2].[O-2].[U].c1ccc(CN(Cc2ccccn2)Cc2ccccn2)nc1.c1ccc(CN(Cc2ccccn2)Cc2ccccn2)nc1. The van der Waals surface area contributed by atoms with Crippen molar-refractivity contribution in [3.63, 3.8) is 0 Å². The first-order valence-electron chi connectivity index (χ1n) is 16.8. The van der Waals surface area contributed by atoms with Crippen LogP contribution >= 0.6 is 0 Å². The number of pyridine rings is 6. The molecule has 0 N–H and O–H groups in total. The second-order valence-electron chi connectivity index (χ2n) is 10.9. The van der Waals surface area contributed by atoms with Gasteiger partial charge >= 0.3 is 0 Å². The average Bonchev–Trinajstić information content (AvgIpc) is 3.18. The Balaban J connectivity index is -0.000000389. The van der Waals surface area contributed by atoms with E-state index in [1.165, 1.54) is 20.8 Å². The smallest absolute Gasteiger partial charge is 0.0587 e. The van der Waals surface area contributed by atoms with Crippen molar-refractivity contribution < 1.29 is 90.0 Å². The molecule has 0 unspecified atom stereocenters. The van der Waals surface area contributed by atoms with Crippen LogP contribution in [0.25, 0.3) is 0 Å². The first-order chi connectivity index (χ1) is 26.0. The molecule has 0 saturated heterocycles. The van der Waals surface area contributed by atoms with Gasteiger partial charge in [0.25, 0.3) is 0 Å². The quantitative estimate of drug-likeness (QED) is 0.160. The summed E-state index contributed by atoms with van der Waals surface area (Å²) < 4.78 is 0. The number of halogens is 2. The van der Waals surface area contributed by atoms with Gasteiger partial charge in [-0.25, -0.2) is 0 Å². The van der Waals surface area contributed by atoms with E-state index in [2.05, 4.69) is 39.7 Å². The van der Waals surface area contributed by atoms with Gasteiger partial charge in [0.2, 0.25) is 0 Å². The largest absolute Gasteiger partial charge is 2.00 e. The Morgan fingerprint density at radius 2 is 0.500 bits per heavy atom. The van der Waals surface area contributed by atoms with Crippen molar-refractivity contribution in [1.29, 1.82) is 15.8 Å². The van der Waals surface area contributed by atoms with E-state index >= 15 is 0 Å². The maximum Gasteiger partial charge on any atom is 0.0587 e. The molecule has 0 bridgehead atoms. The number of rotatable bonds is 12. The van der Waals surface area contributed by atoms with Crippen LogP contribution in [-0.4, -0.2) is 39.7 Å². The van der Waals surface area contributed by atoms with Gasteiger partial charge < -0.3 is 58.9 Å². The Morgan fingerprint density at radius 1 is 0.362 bits per heavy atom. The summed E-state index contributed by atoms with van der Waals surface area (Å²) >= 11 is 0. The van der Waals surface area contributed by atoms with Crippen LogP contribution in [-0.2, 0) is 50.2 Å². The Hall–Kier alpha value is -4.28. The molecular formula is C42H45I2N11O2U-6. The topological polar surface area (TPSA) is 212 Å². The molecule has 0 fully saturated rings. The molecule has 0 aliphatic rings. The molecule has 16 heteroatoms. The summed E-state index contributed by atoms with van der Waals surface area (Å²) in [4.78, 5) is 31.1. The van der Waals surface area contributed by atoms with Crippen molar-refractivity contribution in [1.82, 2.24) is 39.7 Å². The van der Waals surface area contributed by atoms with Crippen molar-refractivity contribution in [2.45, 2.75) is 60.0 Å². The summed E-state index contributed by atoms with van der Waals surface area (Å²) in [6.45, 7) is 8.92. The third kappa shape index (κ3) is 29.0. The molecule has 0 aromatic carbocycles. The van der Waals surface area contributed by atoms with Gasteiger partial charge in [-0.1, -0.05) is 36.4 Å². The number of aromatic nitrogens is 6. The van der Waals surface area contributed by atoms with Gasteiger partial charge in [-0.15, -0.1) is 0 Å². The molecule has 0 amide bonds.